The molecule has 0 spiro atoms. The molecule has 0 saturated carbocycles. The minimum absolute atomic E-state index is 0.0601. The number of fused-ring (bicyclic) bond motifs is 1. The fraction of sp³-hybridized carbons (Fsp3) is 0.469. The van der Waals surface area contributed by atoms with Crippen molar-refractivity contribution in [2.45, 2.75) is 46.6 Å². The molecule has 4 heterocycles. The zero-order chi connectivity index (χ0) is 29.1. The van der Waals surface area contributed by atoms with Crippen LogP contribution in [0.25, 0.3) is 11.4 Å². The first-order chi connectivity index (χ1) is 19.8. The number of hydrogen-bond acceptors (Lipinski definition) is 7. The molecule has 2 saturated heterocycles. The molecule has 1 amide bonds. The third kappa shape index (κ3) is 6.01. The summed E-state index contributed by atoms with van der Waals surface area (Å²) < 4.78 is 13.4. The van der Waals surface area contributed by atoms with Crippen LogP contribution in [0.15, 0.2) is 48.2 Å². The Balaban J connectivity index is 1.53. The van der Waals surface area contributed by atoms with Gasteiger partial charge in [0.1, 0.15) is 17.1 Å². The lowest BCUT2D eigenvalue weighted by atomic mass is 9.96. The van der Waals surface area contributed by atoms with E-state index in [1.807, 2.05) is 60.8 Å². The average Bonchev–Trinajstić information content (AvgIpc) is 3.43. The Morgan fingerprint density at radius 3 is 2.63 bits per heavy atom. The van der Waals surface area contributed by atoms with Gasteiger partial charge in [-0.15, -0.1) is 0 Å². The molecular formula is C32H40N4O5. The largest absolute Gasteiger partial charge is 0.505 e. The first-order valence-electron chi connectivity index (χ1n) is 14.5. The fourth-order valence-corrected chi connectivity index (χ4v) is 5.61. The van der Waals surface area contributed by atoms with Crippen LogP contribution < -0.4 is 4.74 Å². The number of benzene rings is 1. The SMILES string of the molecule is Cc1cccn2c(C)c(C(O)=C3C(=O)C(=O)N(CCCN4CCOCC4)C3c3cccc(OCCC(C)C)c3)nc12. The molecule has 0 aliphatic carbocycles. The van der Waals surface area contributed by atoms with E-state index in [1.54, 1.807) is 4.90 Å². The number of rotatable bonds is 10. The number of aromatic nitrogens is 2. The number of aryl methyl sites for hydroxylation is 2. The van der Waals surface area contributed by atoms with Gasteiger partial charge in [0.25, 0.3) is 11.7 Å². The number of likely N-dealkylation sites (tertiary alicyclic amines) is 1. The van der Waals surface area contributed by atoms with Crippen LogP contribution in [-0.2, 0) is 14.3 Å². The molecule has 9 nitrogen and oxygen atoms in total. The molecule has 218 valence electrons. The van der Waals surface area contributed by atoms with Crippen LogP contribution in [0.5, 0.6) is 5.75 Å². The van der Waals surface area contributed by atoms with Crippen LogP contribution in [0, 0.1) is 19.8 Å². The standard InChI is InChI=1S/C32H40N4O5/c1-21(2)11-17-41-25-10-5-9-24(20-25)28-26(29(37)27-23(4)35-13-6-8-22(3)31(35)33-27)30(38)32(39)36(28)14-7-12-34-15-18-40-19-16-34/h5-6,8-10,13,20-21,28,37H,7,11-12,14-19H2,1-4H3. The first kappa shape index (κ1) is 28.8. The van der Waals surface area contributed by atoms with Crippen LogP contribution in [0.1, 0.15) is 55.2 Å². The van der Waals surface area contributed by atoms with Crippen LogP contribution in [0.3, 0.4) is 0 Å². The van der Waals surface area contributed by atoms with Crippen LogP contribution in [0.2, 0.25) is 0 Å². The van der Waals surface area contributed by atoms with Crippen LogP contribution in [-0.4, -0.2) is 82.0 Å². The molecule has 1 N–H and O–H groups in total. The van der Waals surface area contributed by atoms with Gasteiger partial charge in [-0.3, -0.25) is 14.5 Å². The quantitative estimate of drug-likeness (QED) is 0.221. The van der Waals surface area contributed by atoms with E-state index in [1.165, 1.54) is 0 Å². The highest BCUT2D eigenvalue weighted by Gasteiger charge is 2.46. The summed E-state index contributed by atoms with van der Waals surface area (Å²) in [6, 6.07) is 10.6. The lowest BCUT2D eigenvalue weighted by Gasteiger charge is -2.29. The normalized spacial score (nSPS) is 19.5. The molecule has 41 heavy (non-hydrogen) atoms. The van der Waals surface area contributed by atoms with Crippen molar-refractivity contribution in [3.63, 3.8) is 0 Å². The average molecular weight is 561 g/mol. The Morgan fingerprint density at radius 1 is 1.12 bits per heavy atom. The van der Waals surface area contributed by atoms with Crippen LogP contribution in [0.4, 0.5) is 0 Å². The van der Waals surface area contributed by atoms with Gasteiger partial charge in [-0.05, 0) is 61.9 Å². The number of aliphatic hydroxyl groups is 1. The zero-order valence-corrected chi connectivity index (χ0v) is 24.4. The third-order valence-electron chi connectivity index (χ3n) is 7.96. The maximum atomic E-state index is 13.6. The topological polar surface area (TPSA) is 96.6 Å². The van der Waals surface area contributed by atoms with Crippen molar-refractivity contribution < 1.29 is 24.2 Å². The number of hydrogen-bond donors (Lipinski definition) is 1. The Morgan fingerprint density at radius 2 is 1.90 bits per heavy atom. The van der Waals surface area contributed by atoms with E-state index >= 15 is 0 Å². The number of carbonyl (C=O) groups excluding carboxylic acids is 2. The lowest BCUT2D eigenvalue weighted by Crippen LogP contribution is -2.38. The Labute approximate surface area is 241 Å². The Hall–Kier alpha value is -3.69. The summed E-state index contributed by atoms with van der Waals surface area (Å²) in [4.78, 5) is 35.7. The Kier molecular flexibility index (Phi) is 8.75. The van der Waals surface area contributed by atoms with Crippen molar-refractivity contribution in [3.05, 3.63) is 70.7 Å². The molecule has 0 bridgehead atoms. The first-order valence-corrected chi connectivity index (χ1v) is 14.5. The van der Waals surface area contributed by atoms with E-state index in [0.29, 0.717) is 61.5 Å². The predicted molar refractivity (Wildman–Crippen MR) is 157 cm³/mol. The highest BCUT2D eigenvalue weighted by atomic mass is 16.5. The molecule has 1 unspecified atom stereocenters. The highest BCUT2D eigenvalue weighted by molar-refractivity contribution is 6.46. The Bertz CT molecular complexity index is 1450. The molecule has 2 aromatic heterocycles. The molecule has 9 heteroatoms. The van der Waals surface area contributed by atoms with Crippen molar-refractivity contribution in [2.75, 3.05) is 46.0 Å². The number of imidazole rings is 1. The monoisotopic (exact) mass is 560 g/mol. The van der Waals surface area contributed by atoms with Crippen LogP contribution >= 0.6 is 0 Å². The molecule has 0 radical (unpaired) electrons. The molecular weight excluding hydrogens is 520 g/mol. The fourth-order valence-electron chi connectivity index (χ4n) is 5.61. The van der Waals surface area contributed by atoms with E-state index in [2.05, 4.69) is 18.7 Å². The summed E-state index contributed by atoms with van der Waals surface area (Å²) in [7, 11) is 0. The number of carbonyl (C=O) groups is 2. The second kappa shape index (κ2) is 12.4. The van der Waals surface area contributed by atoms with E-state index in [4.69, 9.17) is 14.5 Å². The number of pyridine rings is 1. The van der Waals surface area contributed by atoms with Crippen molar-refractivity contribution in [1.29, 1.82) is 0 Å². The lowest BCUT2D eigenvalue weighted by molar-refractivity contribution is -0.140. The summed E-state index contributed by atoms with van der Waals surface area (Å²) >= 11 is 0. The number of aliphatic hydroxyl groups excluding tert-OH is 1. The number of amides is 1. The number of nitrogens with zero attached hydrogens (tertiary/aromatic N) is 4. The number of Topliss-reactive ketones (excluding diaryl/α,β-unsaturated/α-hetero) is 1. The summed E-state index contributed by atoms with van der Waals surface area (Å²) in [5, 5.41) is 11.7. The second-order valence-electron chi connectivity index (χ2n) is 11.3. The third-order valence-corrected chi connectivity index (χ3v) is 7.96. The maximum Gasteiger partial charge on any atom is 0.295 e. The van der Waals surface area contributed by atoms with Gasteiger partial charge >= 0.3 is 0 Å². The minimum Gasteiger partial charge on any atom is -0.505 e. The molecule has 1 atom stereocenters. The second-order valence-corrected chi connectivity index (χ2v) is 11.3. The number of morpholine rings is 1. The van der Waals surface area contributed by atoms with Gasteiger partial charge in [-0.2, -0.15) is 0 Å². The summed E-state index contributed by atoms with van der Waals surface area (Å²) in [5.74, 6) is -0.383. The van der Waals surface area contributed by atoms with Gasteiger partial charge in [0.05, 0.1) is 37.1 Å². The van der Waals surface area contributed by atoms with Gasteiger partial charge < -0.3 is 23.9 Å². The smallest absolute Gasteiger partial charge is 0.295 e. The van der Waals surface area contributed by atoms with E-state index in [0.717, 1.165) is 37.2 Å². The molecule has 2 aliphatic rings. The molecule has 2 aliphatic heterocycles. The van der Waals surface area contributed by atoms with Crippen molar-refractivity contribution in [1.82, 2.24) is 19.2 Å². The number of ketones is 1. The molecule has 3 aromatic rings. The maximum absolute atomic E-state index is 13.6. The number of ether oxygens (including phenoxy) is 2. The molecule has 2 fully saturated rings. The van der Waals surface area contributed by atoms with Crippen molar-refractivity contribution >= 4 is 23.1 Å². The molecule has 5 rings (SSSR count). The molecule has 1 aromatic carbocycles. The van der Waals surface area contributed by atoms with Crippen molar-refractivity contribution in [3.8, 4) is 5.75 Å². The highest BCUT2D eigenvalue weighted by Crippen LogP contribution is 2.41. The van der Waals surface area contributed by atoms with E-state index in [9.17, 15) is 14.7 Å². The van der Waals surface area contributed by atoms with Gasteiger partial charge in [0, 0.05) is 32.4 Å². The summed E-state index contributed by atoms with van der Waals surface area (Å²) in [5.41, 5.74) is 3.43. The zero-order valence-electron chi connectivity index (χ0n) is 24.4. The van der Waals surface area contributed by atoms with Gasteiger partial charge in [0.2, 0.25) is 0 Å². The van der Waals surface area contributed by atoms with E-state index < -0.39 is 17.7 Å². The summed E-state index contributed by atoms with van der Waals surface area (Å²) in [6.07, 6.45) is 3.48. The summed E-state index contributed by atoms with van der Waals surface area (Å²) in [6.45, 7) is 12.9. The van der Waals surface area contributed by atoms with Gasteiger partial charge in [-0.1, -0.05) is 32.0 Å². The van der Waals surface area contributed by atoms with Crippen molar-refractivity contribution in [2.24, 2.45) is 5.92 Å². The van der Waals surface area contributed by atoms with Gasteiger partial charge in [-0.25, -0.2) is 4.98 Å². The predicted octanol–water partition coefficient (Wildman–Crippen LogP) is 4.52. The van der Waals surface area contributed by atoms with Gasteiger partial charge in [0.15, 0.2) is 5.76 Å². The minimum atomic E-state index is -0.751. The van der Waals surface area contributed by atoms with E-state index in [-0.39, 0.29) is 11.3 Å².